The molecule has 7 nitrogen and oxygen atoms in total. The number of ketones is 1. The minimum atomic E-state index is -0.398. The van der Waals surface area contributed by atoms with Gasteiger partial charge in [-0.15, -0.1) is 5.48 Å². The van der Waals surface area contributed by atoms with E-state index in [1.165, 1.54) is 6.92 Å². The van der Waals surface area contributed by atoms with Gasteiger partial charge in [0.05, 0.1) is 12.3 Å². The summed E-state index contributed by atoms with van der Waals surface area (Å²) in [5.41, 5.74) is 7.69. The number of aromatic nitrogens is 1. The molecule has 3 aromatic carbocycles. The van der Waals surface area contributed by atoms with Gasteiger partial charge >= 0.3 is 5.97 Å². The lowest BCUT2D eigenvalue weighted by Crippen LogP contribution is -2.21. The molecule has 182 valence electrons. The number of nitrogens with one attached hydrogen (secondary N) is 2. The first-order valence-electron chi connectivity index (χ1n) is 11.7. The smallest absolute Gasteiger partial charge is 0.321 e. The number of aryl methyl sites for hydroxylation is 1. The number of hydroxylamine groups is 1. The highest BCUT2D eigenvalue weighted by atomic mass is 16.7. The molecular formula is C29H26N2O5. The van der Waals surface area contributed by atoms with Gasteiger partial charge in [0.2, 0.25) is 0 Å². The molecule has 0 radical (unpaired) electrons. The van der Waals surface area contributed by atoms with E-state index >= 15 is 0 Å². The van der Waals surface area contributed by atoms with Crippen molar-refractivity contribution < 1.29 is 23.6 Å². The third-order valence-electron chi connectivity index (χ3n) is 6.17. The molecule has 5 aromatic rings. The lowest BCUT2D eigenvalue weighted by atomic mass is 9.97. The minimum Gasteiger partial charge on any atom is -0.486 e. The molecule has 0 bridgehead atoms. The topological polar surface area (TPSA) is 93.6 Å². The Bertz CT molecular complexity index is 1570. The number of rotatable bonds is 8. The maximum atomic E-state index is 13.4. The lowest BCUT2D eigenvalue weighted by molar-refractivity contribution is -0.150. The number of carbonyl (C=O) groups is 2. The average Bonchev–Trinajstić information content (AvgIpc) is 3.52. The van der Waals surface area contributed by atoms with Crippen LogP contribution < -0.4 is 10.2 Å². The predicted octanol–water partition coefficient (Wildman–Crippen LogP) is 6.16. The van der Waals surface area contributed by atoms with Crippen molar-refractivity contribution in [3.8, 4) is 5.75 Å². The Morgan fingerprint density at radius 3 is 2.50 bits per heavy atom. The van der Waals surface area contributed by atoms with Gasteiger partial charge in [-0.2, -0.15) is 0 Å². The molecule has 1 unspecified atom stereocenters. The zero-order valence-electron chi connectivity index (χ0n) is 20.3. The van der Waals surface area contributed by atoms with Gasteiger partial charge in [0.25, 0.3) is 0 Å². The number of aromatic amines is 1. The molecule has 0 amide bonds. The summed E-state index contributed by atoms with van der Waals surface area (Å²) >= 11 is 0. The van der Waals surface area contributed by atoms with Crippen LogP contribution in [0.5, 0.6) is 5.75 Å². The van der Waals surface area contributed by atoms with Crippen LogP contribution in [0.15, 0.2) is 77.4 Å². The number of H-pyrrole nitrogens is 1. The Hall–Kier alpha value is -4.36. The Balaban J connectivity index is 1.42. The number of hydrogen-bond donors (Lipinski definition) is 2. The summed E-state index contributed by atoms with van der Waals surface area (Å²) in [7, 11) is 0. The fourth-order valence-electron chi connectivity index (χ4n) is 4.25. The molecular weight excluding hydrogens is 456 g/mol. The molecule has 0 aliphatic rings. The van der Waals surface area contributed by atoms with Crippen molar-refractivity contribution in [1.29, 1.82) is 0 Å². The van der Waals surface area contributed by atoms with Crippen molar-refractivity contribution in [2.45, 2.75) is 33.4 Å². The van der Waals surface area contributed by atoms with E-state index in [0.717, 1.165) is 38.7 Å². The van der Waals surface area contributed by atoms with Crippen molar-refractivity contribution in [2.24, 2.45) is 0 Å². The summed E-state index contributed by atoms with van der Waals surface area (Å²) in [6, 6.07) is 20.6. The zero-order valence-corrected chi connectivity index (χ0v) is 20.3. The highest BCUT2D eigenvalue weighted by Crippen LogP contribution is 2.30. The molecule has 2 heterocycles. The van der Waals surface area contributed by atoms with Crippen LogP contribution in [0.3, 0.4) is 0 Å². The van der Waals surface area contributed by atoms with Gasteiger partial charge < -0.3 is 19.0 Å². The fourth-order valence-corrected chi connectivity index (χ4v) is 4.25. The third-order valence-corrected chi connectivity index (χ3v) is 6.17. The number of benzene rings is 3. The van der Waals surface area contributed by atoms with Gasteiger partial charge in [-0.1, -0.05) is 6.07 Å². The van der Waals surface area contributed by atoms with Crippen LogP contribution in [-0.2, 0) is 16.2 Å². The van der Waals surface area contributed by atoms with E-state index in [0.29, 0.717) is 23.5 Å². The van der Waals surface area contributed by atoms with E-state index in [2.05, 4.69) is 10.5 Å². The summed E-state index contributed by atoms with van der Waals surface area (Å²) < 4.78 is 11.1. The first kappa shape index (κ1) is 23.4. The molecule has 5 rings (SSSR count). The maximum absolute atomic E-state index is 13.4. The average molecular weight is 483 g/mol. The van der Waals surface area contributed by atoms with Gasteiger partial charge in [-0.3, -0.25) is 9.59 Å². The number of carbonyl (C=O) groups excluding carboxylic acids is 2. The quantitative estimate of drug-likeness (QED) is 0.203. The SMILES string of the molecule is CC(=O)ONC(C)c1ccc2[nH]c3ccc(C(=O)c4ccc(OCc5ccco5)cc4C)cc3c2c1. The summed E-state index contributed by atoms with van der Waals surface area (Å²) in [6.07, 6.45) is 1.61. The van der Waals surface area contributed by atoms with Crippen LogP contribution in [0.25, 0.3) is 21.8 Å². The van der Waals surface area contributed by atoms with Gasteiger partial charge in [0.1, 0.15) is 18.1 Å². The normalized spacial score (nSPS) is 12.1. The first-order valence-corrected chi connectivity index (χ1v) is 11.7. The molecule has 0 spiro atoms. The molecule has 0 aliphatic carbocycles. The second-order valence-electron chi connectivity index (χ2n) is 8.80. The monoisotopic (exact) mass is 482 g/mol. The summed E-state index contributed by atoms with van der Waals surface area (Å²) in [6.45, 7) is 5.50. The summed E-state index contributed by atoms with van der Waals surface area (Å²) in [5.74, 6) is 0.962. The standard InChI is InChI=1S/C29H26N2O5/c1-17-13-22(35-16-23-5-4-12-34-23)8-9-24(17)29(33)21-7-11-28-26(15-21)25-14-20(6-10-27(25)30-28)18(2)31-36-19(3)32/h4-15,18,30-31H,16H2,1-3H3. The van der Waals surface area contributed by atoms with Crippen molar-refractivity contribution in [1.82, 2.24) is 10.5 Å². The summed E-state index contributed by atoms with van der Waals surface area (Å²) in [5, 5.41) is 1.94. The minimum absolute atomic E-state index is 0.0533. The summed E-state index contributed by atoms with van der Waals surface area (Å²) in [4.78, 5) is 32.9. The molecule has 0 fully saturated rings. The van der Waals surface area contributed by atoms with Crippen LogP contribution in [0, 0.1) is 6.92 Å². The van der Waals surface area contributed by atoms with Crippen LogP contribution in [0.2, 0.25) is 0 Å². The van der Waals surface area contributed by atoms with E-state index in [4.69, 9.17) is 14.0 Å². The van der Waals surface area contributed by atoms with Crippen molar-refractivity contribution in [3.63, 3.8) is 0 Å². The number of ether oxygens (including phenoxy) is 1. The van der Waals surface area contributed by atoms with Crippen molar-refractivity contribution in [2.75, 3.05) is 0 Å². The Kier molecular flexibility index (Phi) is 6.31. The first-order chi connectivity index (χ1) is 17.4. The Morgan fingerprint density at radius 2 is 1.78 bits per heavy atom. The second kappa shape index (κ2) is 9.71. The molecule has 0 aliphatic heterocycles. The van der Waals surface area contributed by atoms with E-state index in [9.17, 15) is 9.59 Å². The van der Waals surface area contributed by atoms with Crippen LogP contribution >= 0.6 is 0 Å². The fraction of sp³-hybridized carbons (Fsp3) is 0.172. The highest BCUT2D eigenvalue weighted by molar-refractivity contribution is 6.14. The molecule has 36 heavy (non-hydrogen) atoms. The van der Waals surface area contributed by atoms with Crippen molar-refractivity contribution in [3.05, 3.63) is 101 Å². The number of fused-ring (bicyclic) bond motifs is 3. The zero-order chi connectivity index (χ0) is 25.2. The molecule has 0 saturated heterocycles. The molecule has 0 saturated carbocycles. The van der Waals surface area contributed by atoms with Crippen LogP contribution in [0.1, 0.15) is 52.7 Å². The van der Waals surface area contributed by atoms with Gasteiger partial charge in [0, 0.05) is 39.9 Å². The van der Waals surface area contributed by atoms with E-state index < -0.39 is 5.97 Å². The van der Waals surface area contributed by atoms with Gasteiger partial charge in [-0.25, -0.2) is 0 Å². The Morgan fingerprint density at radius 1 is 1.00 bits per heavy atom. The van der Waals surface area contributed by atoms with E-state index in [1.807, 2.05) is 68.4 Å². The third kappa shape index (κ3) is 4.74. The largest absolute Gasteiger partial charge is 0.486 e. The molecule has 2 N–H and O–H groups in total. The van der Waals surface area contributed by atoms with E-state index in [-0.39, 0.29) is 11.8 Å². The Labute approximate surface area is 208 Å². The van der Waals surface area contributed by atoms with Crippen LogP contribution in [0.4, 0.5) is 0 Å². The van der Waals surface area contributed by atoms with Gasteiger partial charge in [0.15, 0.2) is 5.78 Å². The maximum Gasteiger partial charge on any atom is 0.321 e. The van der Waals surface area contributed by atoms with Crippen LogP contribution in [-0.4, -0.2) is 16.7 Å². The highest BCUT2D eigenvalue weighted by Gasteiger charge is 2.16. The number of furan rings is 1. The molecule has 2 aromatic heterocycles. The molecule has 1 atom stereocenters. The molecule has 7 heteroatoms. The lowest BCUT2D eigenvalue weighted by Gasteiger charge is -2.13. The van der Waals surface area contributed by atoms with Crippen molar-refractivity contribution >= 4 is 33.6 Å². The number of hydrogen-bond acceptors (Lipinski definition) is 6. The second-order valence-corrected chi connectivity index (χ2v) is 8.80. The van der Waals surface area contributed by atoms with Gasteiger partial charge in [-0.05, 0) is 85.6 Å². The van der Waals surface area contributed by atoms with E-state index in [1.54, 1.807) is 18.4 Å². The predicted molar refractivity (Wildman–Crippen MR) is 137 cm³/mol.